The lowest BCUT2D eigenvalue weighted by Gasteiger charge is -2.31. The van der Waals surface area contributed by atoms with Crippen molar-refractivity contribution in [1.29, 1.82) is 5.26 Å². The minimum absolute atomic E-state index is 0.0377. The lowest BCUT2D eigenvalue weighted by atomic mass is 9.95. The van der Waals surface area contributed by atoms with Crippen LogP contribution in [-0.4, -0.2) is 78.7 Å². The van der Waals surface area contributed by atoms with E-state index in [1.807, 2.05) is 11.0 Å². The minimum Gasteiger partial charge on any atom is -0.489 e. The fraction of sp³-hybridized carbons (Fsp3) is 0.452. The third-order valence-corrected chi connectivity index (χ3v) is 11.0. The number of benzene rings is 2. The second-order valence-corrected chi connectivity index (χ2v) is 13.5. The zero-order valence-electron chi connectivity index (χ0n) is 24.0. The number of nitrogen functional groups attached to an aromatic ring is 1. The third kappa shape index (κ3) is 4.40. The predicted octanol–water partition coefficient (Wildman–Crippen LogP) is 5.84. The van der Waals surface area contributed by atoms with E-state index in [0.29, 0.717) is 45.0 Å². The molecule has 2 aromatic carbocycles. The Morgan fingerprint density at radius 1 is 1.22 bits per heavy atom. The van der Waals surface area contributed by atoms with Gasteiger partial charge in [0.2, 0.25) is 0 Å². The smallest absolute Gasteiger partial charge is 0.319 e. The normalized spacial score (nSPS) is 24.6. The maximum atomic E-state index is 17.0. The van der Waals surface area contributed by atoms with Crippen LogP contribution in [0.25, 0.3) is 32.1 Å². The molecule has 0 saturated carbocycles. The molecular weight excluding hydrogens is 629 g/mol. The van der Waals surface area contributed by atoms with E-state index in [-0.39, 0.29) is 78.7 Å². The summed E-state index contributed by atoms with van der Waals surface area (Å²) in [5.74, 6) is -0.791. The van der Waals surface area contributed by atoms with Crippen molar-refractivity contribution in [2.75, 3.05) is 56.7 Å². The van der Waals surface area contributed by atoms with E-state index < -0.39 is 23.3 Å². The number of alkyl halides is 1. The standard InChI is InChI=1S/C31H28ClF3N6O3S/c32-23-21(17-2-3-19(34)27-20(17)18(11-36)28(37)45-27)24(35)25-22-26(23)43-13-16-4-8-42-9-7-41(16)29(22)39-30(38-25)44-14-31-5-1-6-40(31)12-15(33)10-31/h2-3,15-16H,1,4-10,12-14,37H2/t15-,16?,31+/m1/s1. The molecule has 14 heteroatoms. The highest BCUT2D eigenvalue weighted by atomic mass is 35.5. The topological polar surface area (TPSA) is 110 Å². The summed E-state index contributed by atoms with van der Waals surface area (Å²) in [7, 11) is 0. The summed E-state index contributed by atoms with van der Waals surface area (Å²) < 4.78 is 64.8. The van der Waals surface area contributed by atoms with Gasteiger partial charge in [-0.05, 0) is 37.4 Å². The molecule has 0 amide bonds. The number of aromatic nitrogens is 2. The first kappa shape index (κ1) is 28.9. The van der Waals surface area contributed by atoms with Crippen LogP contribution in [0.15, 0.2) is 12.1 Å². The molecule has 0 spiro atoms. The largest absolute Gasteiger partial charge is 0.489 e. The summed E-state index contributed by atoms with van der Waals surface area (Å²) in [5.41, 5.74) is 5.66. The van der Waals surface area contributed by atoms with E-state index >= 15 is 4.39 Å². The Morgan fingerprint density at radius 2 is 2.09 bits per heavy atom. The highest BCUT2D eigenvalue weighted by Crippen LogP contribution is 2.51. The first-order valence-corrected chi connectivity index (χ1v) is 16.1. The van der Waals surface area contributed by atoms with E-state index in [1.54, 1.807) is 0 Å². The quantitative estimate of drug-likeness (QED) is 0.290. The number of anilines is 2. The molecule has 4 aliphatic heterocycles. The SMILES string of the molecule is N#Cc1c(N)sc2c(F)ccc(-c3c(Cl)c4c5c(nc(OC[C@@]67CCCN6C[C@H](F)C7)nc5c3F)N3CCOCCC3CO4)c12. The predicted molar refractivity (Wildman–Crippen MR) is 165 cm³/mol. The molecular formula is C31H28ClF3N6O3S. The zero-order valence-corrected chi connectivity index (χ0v) is 25.6. The molecule has 2 aromatic heterocycles. The maximum Gasteiger partial charge on any atom is 0.319 e. The van der Waals surface area contributed by atoms with Crippen molar-refractivity contribution >= 4 is 54.7 Å². The first-order valence-electron chi connectivity index (χ1n) is 14.9. The Hall–Kier alpha value is -3.57. The summed E-state index contributed by atoms with van der Waals surface area (Å²) in [6, 6.07) is 4.41. The van der Waals surface area contributed by atoms with Gasteiger partial charge in [0.1, 0.15) is 47.6 Å². The Bertz CT molecular complexity index is 1920. The van der Waals surface area contributed by atoms with Crippen LogP contribution in [0.1, 0.15) is 31.2 Å². The van der Waals surface area contributed by atoms with Gasteiger partial charge >= 0.3 is 6.01 Å². The number of hydrogen-bond acceptors (Lipinski definition) is 10. The molecule has 0 bridgehead atoms. The number of rotatable bonds is 4. The van der Waals surface area contributed by atoms with Gasteiger partial charge in [0, 0.05) is 37.1 Å². The molecule has 3 atom stereocenters. The fourth-order valence-corrected chi connectivity index (χ4v) is 8.77. The lowest BCUT2D eigenvalue weighted by Crippen LogP contribution is -2.43. The Labute approximate surface area is 265 Å². The maximum absolute atomic E-state index is 17.0. The van der Waals surface area contributed by atoms with E-state index in [9.17, 15) is 14.0 Å². The van der Waals surface area contributed by atoms with Crippen molar-refractivity contribution in [3.05, 3.63) is 34.4 Å². The monoisotopic (exact) mass is 656 g/mol. The number of nitrogens with zero attached hydrogens (tertiary/aromatic N) is 5. The zero-order chi connectivity index (χ0) is 31.0. The average Bonchev–Trinajstić information content (AvgIpc) is 3.55. The highest BCUT2D eigenvalue weighted by molar-refractivity contribution is 7.23. The van der Waals surface area contributed by atoms with Gasteiger partial charge in [-0.3, -0.25) is 4.90 Å². The molecule has 0 aliphatic carbocycles. The van der Waals surface area contributed by atoms with Gasteiger partial charge in [-0.2, -0.15) is 15.2 Å². The molecule has 6 heterocycles. The summed E-state index contributed by atoms with van der Waals surface area (Å²) in [4.78, 5) is 13.5. The third-order valence-electron chi connectivity index (χ3n) is 9.58. The van der Waals surface area contributed by atoms with Gasteiger partial charge < -0.3 is 24.8 Å². The van der Waals surface area contributed by atoms with Crippen LogP contribution in [0.4, 0.5) is 24.0 Å². The number of fused-ring (bicyclic) bond motifs is 4. The molecule has 234 valence electrons. The number of nitriles is 1. The van der Waals surface area contributed by atoms with Crippen molar-refractivity contribution in [2.24, 2.45) is 0 Å². The molecule has 0 radical (unpaired) electrons. The second-order valence-electron chi connectivity index (χ2n) is 12.1. The van der Waals surface area contributed by atoms with Crippen LogP contribution in [0.3, 0.4) is 0 Å². The van der Waals surface area contributed by atoms with Gasteiger partial charge in [0.05, 0.1) is 38.9 Å². The van der Waals surface area contributed by atoms with Gasteiger partial charge in [0.25, 0.3) is 0 Å². The molecule has 3 saturated heterocycles. The number of halogens is 4. The Kier molecular flexibility index (Phi) is 6.90. The minimum atomic E-state index is -0.937. The summed E-state index contributed by atoms with van der Waals surface area (Å²) in [5, 5.41) is 10.4. The van der Waals surface area contributed by atoms with Gasteiger partial charge in [0.15, 0.2) is 11.6 Å². The van der Waals surface area contributed by atoms with Crippen molar-refractivity contribution in [1.82, 2.24) is 14.9 Å². The number of ether oxygens (including phenoxy) is 3. The molecule has 8 rings (SSSR count). The van der Waals surface area contributed by atoms with Crippen LogP contribution < -0.4 is 20.1 Å². The van der Waals surface area contributed by atoms with E-state index in [4.69, 9.17) is 36.5 Å². The highest BCUT2D eigenvalue weighted by Gasteiger charge is 2.49. The summed E-state index contributed by atoms with van der Waals surface area (Å²) in [6.45, 7) is 2.96. The average molecular weight is 657 g/mol. The molecule has 1 unspecified atom stereocenters. The van der Waals surface area contributed by atoms with Gasteiger partial charge in [-0.25, -0.2) is 13.2 Å². The second kappa shape index (κ2) is 10.8. The van der Waals surface area contributed by atoms with Crippen molar-refractivity contribution in [2.45, 2.75) is 43.4 Å². The Morgan fingerprint density at radius 3 is 2.93 bits per heavy atom. The van der Waals surface area contributed by atoms with Crippen molar-refractivity contribution < 1.29 is 27.4 Å². The first-order chi connectivity index (χ1) is 21.8. The van der Waals surface area contributed by atoms with Gasteiger partial charge in [-0.15, -0.1) is 11.3 Å². The summed E-state index contributed by atoms with van der Waals surface area (Å²) >= 11 is 7.91. The Balaban J connectivity index is 1.35. The molecule has 2 N–H and O–H groups in total. The van der Waals surface area contributed by atoms with E-state index in [1.165, 1.54) is 12.1 Å². The molecule has 4 aliphatic rings. The molecule has 3 fully saturated rings. The van der Waals surface area contributed by atoms with Crippen LogP contribution in [0.5, 0.6) is 11.8 Å². The van der Waals surface area contributed by atoms with Crippen molar-refractivity contribution in [3.8, 4) is 29.0 Å². The lowest BCUT2D eigenvalue weighted by molar-refractivity contribution is 0.107. The van der Waals surface area contributed by atoms with Crippen LogP contribution >= 0.6 is 22.9 Å². The van der Waals surface area contributed by atoms with E-state index in [2.05, 4.69) is 9.88 Å². The summed E-state index contributed by atoms with van der Waals surface area (Å²) in [6.07, 6.45) is 1.79. The molecule has 4 aromatic rings. The van der Waals surface area contributed by atoms with Gasteiger partial charge in [-0.1, -0.05) is 17.7 Å². The number of hydrogen-bond donors (Lipinski definition) is 1. The number of thiophene rings is 1. The van der Waals surface area contributed by atoms with Crippen molar-refractivity contribution in [3.63, 3.8) is 0 Å². The van der Waals surface area contributed by atoms with Crippen LogP contribution in [-0.2, 0) is 4.74 Å². The van der Waals surface area contributed by atoms with Crippen LogP contribution in [0.2, 0.25) is 5.02 Å². The van der Waals surface area contributed by atoms with E-state index in [0.717, 1.165) is 30.7 Å². The molecule has 45 heavy (non-hydrogen) atoms. The molecule has 9 nitrogen and oxygen atoms in total. The fourth-order valence-electron chi connectivity index (χ4n) is 7.49. The van der Waals surface area contributed by atoms with Crippen LogP contribution in [0, 0.1) is 23.0 Å². The number of nitrogens with two attached hydrogens (primary N) is 1.